The van der Waals surface area contributed by atoms with Crippen LogP contribution in [0.2, 0.25) is 0 Å². The molecule has 0 amide bonds. The molecule has 0 aromatic carbocycles. The maximum absolute atomic E-state index is 12.2. The highest BCUT2D eigenvalue weighted by atomic mass is 79.9. The zero-order valence-corrected chi connectivity index (χ0v) is 15.1. The fourth-order valence-electron chi connectivity index (χ4n) is 2.30. The molecular formula is C15H26BrN3O2. The molecule has 2 heterocycles. The third-order valence-corrected chi connectivity index (χ3v) is 4.29. The van der Waals surface area contributed by atoms with Gasteiger partial charge >= 0.3 is 0 Å². The standard InChI is InChI=1S/C13H20BrN3O2.C2H6/c1-3-10-12(14)13(15-16(10)2)11(18)4-5-17-6-8-19-9-7-17;1-2/h3-9H2,1-2H3;1-2H3. The number of carbonyl (C=O) groups excluding carboxylic acids is 1. The Morgan fingerprint density at radius 3 is 2.48 bits per heavy atom. The largest absolute Gasteiger partial charge is 0.379 e. The Morgan fingerprint density at radius 2 is 1.95 bits per heavy atom. The first-order chi connectivity index (χ1) is 10.1. The molecule has 0 unspecified atom stereocenters. The lowest BCUT2D eigenvalue weighted by molar-refractivity contribution is 0.0369. The molecule has 0 bridgehead atoms. The number of morpholine rings is 1. The molecule has 0 N–H and O–H groups in total. The van der Waals surface area contributed by atoms with Crippen LogP contribution in [0.4, 0.5) is 0 Å². The Morgan fingerprint density at radius 1 is 1.33 bits per heavy atom. The van der Waals surface area contributed by atoms with Crippen LogP contribution < -0.4 is 0 Å². The van der Waals surface area contributed by atoms with Crippen molar-refractivity contribution in [3.05, 3.63) is 15.9 Å². The van der Waals surface area contributed by atoms with E-state index in [1.165, 1.54) is 0 Å². The minimum absolute atomic E-state index is 0.105. The zero-order chi connectivity index (χ0) is 15.8. The van der Waals surface area contributed by atoms with Crippen molar-refractivity contribution in [3.8, 4) is 0 Å². The van der Waals surface area contributed by atoms with Crippen LogP contribution in [0.3, 0.4) is 0 Å². The summed E-state index contributed by atoms with van der Waals surface area (Å²) in [5.74, 6) is 0.105. The predicted molar refractivity (Wildman–Crippen MR) is 87.8 cm³/mol. The Labute approximate surface area is 135 Å². The van der Waals surface area contributed by atoms with Gasteiger partial charge in [-0.2, -0.15) is 5.10 Å². The monoisotopic (exact) mass is 359 g/mol. The van der Waals surface area contributed by atoms with Crippen molar-refractivity contribution in [1.29, 1.82) is 0 Å². The number of ether oxygens (including phenoxy) is 1. The summed E-state index contributed by atoms with van der Waals surface area (Å²) in [5, 5.41) is 4.32. The van der Waals surface area contributed by atoms with E-state index in [1.807, 2.05) is 20.9 Å². The molecular weight excluding hydrogens is 334 g/mol. The van der Waals surface area contributed by atoms with Gasteiger partial charge < -0.3 is 4.74 Å². The van der Waals surface area contributed by atoms with E-state index in [9.17, 15) is 4.79 Å². The number of hydrogen-bond acceptors (Lipinski definition) is 4. The molecule has 0 radical (unpaired) electrons. The number of hydrogen-bond donors (Lipinski definition) is 0. The smallest absolute Gasteiger partial charge is 0.185 e. The van der Waals surface area contributed by atoms with Gasteiger partial charge in [0.25, 0.3) is 0 Å². The summed E-state index contributed by atoms with van der Waals surface area (Å²) in [6.45, 7) is 10.2. The Kier molecular flexibility index (Phi) is 8.14. The van der Waals surface area contributed by atoms with Crippen LogP contribution in [0.15, 0.2) is 4.47 Å². The summed E-state index contributed by atoms with van der Waals surface area (Å²) >= 11 is 3.49. The van der Waals surface area contributed by atoms with Crippen LogP contribution >= 0.6 is 15.9 Å². The fourth-order valence-corrected chi connectivity index (χ4v) is 3.14. The minimum atomic E-state index is 0.105. The van der Waals surface area contributed by atoms with Gasteiger partial charge in [0, 0.05) is 33.1 Å². The molecule has 1 aromatic rings. The molecule has 2 rings (SSSR count). The number of halogens is 1. The summed E-state index contributed by atoms with van der Waals surface area (Å²) in [6, 6.07) is 0. The summed E-state index contributed by atoms with van der Waals surface area (Å²) in [4.78, 5) is 14.5. The van der Waals surface area contributed by atoms with Gasteiger partial charge in [-0.3, -0.25) is 14.4 Å². The second-order valence-electron chi connectivity index (χ2n) is 4.71. The molecule has 0 saturated carbocycles. The lowest BCUT2D eigenvalue weighted by Gasteiger charge is -2.26. The SMILES string of the molecule is CC.CCc1c(Br)c(C(=O)CCN2CCOCC2)nn1C. The summed E-state index contributed by atoms with van der Waals surface area (Å²) < 4.78 is 7.93. The third-order valence-electron chi connectivity index (χ3n) is 3.46. The predicted octanol–water partition coefficient (Wildman–Crippen LogP) is 2.68. The first-order valence-corrected chi connectivity index (χ1v) is 8.47. The zero-order valence-electron chi connectivity index (χ0n) is 13.5. The second kappa shape index (κ2) is 9.33. The maximum atomic E-state index is 12.2. The van der Waals surface area contributed by atoms with Crippen LogP contribution in [0, 0.1) is 0 Å². The molecule has 1 aromatic heterocycles. The van der Waals surface area contributed by atoms with E-state index in [2.05, 4.69) is 32.9 Å². The van der Waals surface area contributed by atoms with Gasteiger partial charge in [-0.1, -0.05) is 20.8 Å². The van der Waals surface area contributed by atoms with Crippen molar-refractivity contribution < 1.29 is 9.53 Å². The summed E-state index contributed by atoms with van der Waals surface area (Å²) in [6.07, 6.45) is 1.37. The van der Waals surface area contributed by atoms with Crippen LogP contribution in [0.1, 0.15) is 43.4 Å². The Hall–Kier alpha value is -0.720. The van der Waals surface area contributed by atoms with E-state index >= 15 is 0 Å². The van der Waals surface area contributed by atoms with Gasteiger partial charge in [0.05, 0.1) is 23.4 Å². The maximum Gasteiger partial charge on any atom is 0.185 e. The molecule has 1 saturated heterocycles. The number of carbonyl (C=O) groups is 1. The van der Waals surface area contributed by atoms with E-state index in [4.69, 9.17) is 4.74 Å². The van der Waals surface area contributed by atoms with Crippen LogP contribution in [-0.2, 0) is 18.2 Å². The van der Waals surface area contributed by atoms with Crippen molar-refractivity contribution >= 4 is 21.7 Å². The van der Waals surface area contributed by atoms with Crippen LogP contribution in [0.5, 0.6) is 0 Å². The van der Waals surface area contributed by atoms with E-state index in [0.717, 1.165) is 49.4 Å². The molecule has 1 fully saturated rings. The first-order valence-electron chi connectivity index (χ1n) is 7.68. The Balaban J connectivity index is 0.00000106. The van der Waals surface area contributed by atoms with E-state index in [1.54, 1.807) is 4.68 Å². The molecule has 0 aliphatic carbocycles. The van der Waals surface area contributed by atoms with Crippen molar-refractivity contribution in [2.75, 3.05) is 32.8 Å². The highest BCUT2D eigenvalue weighted by Gasteiger charge is 2.20. The van der Waals surface area contributed by atoms with E-state index in [-0.39, 0.29) is 5.78 Å². The molecule has 1 aliphatic heterocycles. The van der Waals surface area contributed by atoms with Crippen LogP contribution in [0.25, 0.3) is 0 Å². The van der Waals surface area contributed by atoms with Gasteiger partial charge in [0.2, 0.25) is 0 Å². The quantitative estimate of drug-likeness (QED) is 0.758. The van der Waals surface area contributed by atoms with Gasteiger partial charge in [0.15, 0.2) is 5.78 Å². The van der Waals surface area contributed by atoms with Gasteiger partial charge in [-0.25, -0.2) is 0 Å². The van der Waals surface area contributed by atoms with Gasteiger partial charge in [0.1, 0.15) is 5.69 Å². The van der Waals surface area contributed by atoms with E-state index < -0.39 is 0 Å². The minimum Gasteiger partial charge on any atom is -0.379 e. The lowest BCUT2D eigenvalue weighted by Crippen LogP contribution is -2.37. The average molecular weight is 360 g/mol. The molecule has 5 nitrogen and oxygen atoms in total. The summed E-state index contributed by atoms with van der Waals surface area (Å²) in [5.41, 5.74) is 1.63. The number of aromatic nitrogens is 2. The number of ketones is 1. The highest BCUT2D eigenvalue weighted by molar-refractivity contribution is 9.10. The van der Waals surface area contributed by atoms with Gasteiger partial charge in [-0.05, 0) is 22.4 Å². The molecule has 0 spiro atoms. The number of aryl methyl sites for hydroxylation is 1. The van der Waals surface area contributed by atoms with Crippen molar-refractivity contribution in [1.82, 2.24) is 14.7 Å². The van der Waals surface area contributed by atoms with Crippen LogP contribution in [-0.4, -0.2) is 53.3 Å². The molecule has 1 aliphatic rings. The van der Waals surface area contributed by atoms with Gasteiger partial charge in [-0.15, -0.1) is 0 Å². The molecule has 0 atom stereocenters. The molecule has 21 heavy (non-hydrogen) atoms. The lowest BCUT2D eigenvalue weighted by atomic mass is 10.2. The topological polar surface area (TPSA) is 47.4 Å². The summed E-state index contributed by atoms with van der Waals surface area (Å²) in [7, 11) is 1.88. The normalized spacial score (nSPS) is 15.5. The third kappa shape index (κ3) is 4.90. The highest BCUT2D eigenvalue weighted by Crippen LogP contribution is 2.22. The average Bonchev–Trinajstić information content (AvgIpc) is 2.82. The molecule has 120 valence electrons. The van der Waals surface area contributed by atoms with Crippen molar-refractivity contribution in [2.24, 2.45) is 7.05 Å². The van der Waals surface area contributed by atoms with Crippen molar-refractivity contribution in [2.45, 2.75) is 33.6 Å². The van der Waals surface area contributed by atoms with E-state index in [0.29, 0.717) is 12.1 Å². The van der Waals surface area contributed by atoms with Crippen molar-refractivity contribution in [3.63, 3.8) is 0 Å². The Bertz CT molecular complexity index is 454. The number of Topliss-reactive ketones (excluding diaryl/α,β-unsaturated/α-hetero) is 1. The fraction of sp³-hybridized carbons (Fsp3) is 0.733. The second-order valence-corrected chi connectivity index (χ2v) is 5.51. The molecule has 6 heteroatoms. The first kappa shape index (κ1) is 18.3. The number of rotatable bonds is 5. The number of nitrogens with zero attached hydrogens (tertiary/aromatic N) is 3.